The van der Waals surface area contributed by atoms with E-state index in [1.54, 1.807) is 6.07 Å². The molecular weight excluding hydrogens is 248 g/mol. The van der Waals surface area contributed by atoms with Crippen LogP contribution in [0.1, 0.15) is 55.3 Å². The standard InChI is InChI=1S/C13H18N2O4/c1-7(2)10-6-11(19-15-10)12(16)14-9-5-3-4-8(9)13(17)18/h6-9H,3-5H2,1-2H3,(H,14,16)(H,17,18)/t8-,9+/m0/s1. The molecule has 0 bridgehead atoms. The van der Waals surface area contributed by atoms with Crippen molar-refractivity contribution in [1.82, 2.24) is 10.5 Å². The summed E-state index contributed by atoms with van der Waals surface area (Å²) in [5.74, 6) is -1.43. The number of carbonyl (C=O) groups excluding carboxylic acids is 1. The van der Waals surface area contributed by atoms with E-state index in [0.29, 0.717) is 18.5 Å². The molecule has 0 unspecified atom stereocenters. The Labute approximate surface area is 111 Å². The highest BCUT2D eigenvalue weighted by Gasteiger charge is 2.34. The second-order valence-corrected chi connectivity index (χ2v) is 5.23. The summed E-state index contributed by atoms with van der Waals surface area (Å²) in [7, 11) is 0. The fourth-order valence-electron chi connectivity index (χ4n) is 2.34. The van der Waals surface area contributed by atoms with Crippen LogP contribution in [0.3, 0.4) is 0 Å². The zero-order chi connectivity index (χ0) is 14.0. The summed E-state index contributed by atoms with van der Waals surface area (Å²) in [6.07, 6.45) is 2.11. The maximum Gasteiger partial charge on any atom is 0.308 e. The van der Waals surface area contributed by atoms with Gasteiger partial charge in [-0.25, -0.2) is 0 Å². The number of nitrogens with one attached hydrogen (secondary N) is 1. The van der Waals surface area contributed by atoms with Crippen molar-refractivity contribution >= 4 is 11.9 Å². The van der Waals surface area contributed by atoms with Crippen LogP contribution < -0.4 is 5.32 Å². The van der Waals surface area contributed by atoms with Gasteiger partial charge in [0.05, 0.1) is 11.6 Å². The lowest BCUT2D eigenvalue weighted by Gasteiger charge is -2.16. The zero-order valence-electron chi connectivity index (χ0n) is 11.0. The summed E-state index contributed by atoms with van der Waals surface area (Å²) in [4.78, 5) is 23.0. The third-order valence-corrected chi connectivity index (χ3v) is 3.49. The molecule has 1 aromatic heterocycles. The first kappa shape index (κ1) is 13.6. The van der Waals surface area contributed by atoms with Gasteiger partial charge in [0.2, 0.25) is 5.76 Å². The molecule has 1 aliphatic rings. The smallest absolute Gasteiger partial charge is 0.308 e. The Kier molecular flexibility index (Phi) is 3.87. The van der Waals surface area contributed by atoms with E-state index >= 15 is 0 Å². The largest absolute Gasteiger partial charge is 0.481 e. The molecule has 6 heteroatoms. The van der Waals surface area contributed by atoms with Crippen LogP contribution in [0, 0.1) is 5.92 Å². The first-order chi connectivity index (χ1) is 8.99. The molecule has 0 aromatic carbocycles. The summed E-state index contributed by atoms with van der Waals surface area (Å²) in [5.41, 5.74) is 0.714. The van der Waals surface area contributed by atoms with Gasteiger partial charge in [0.1, 0.15) is 0 Å². The normalized spacial score (nSPS) is 22.7. The maximum absolute atomic E-state index is 12.0. The average molecular weight is 266 g/mol. The number of hydrogen-bond acceptors (Lipinski definition) is 4. The third kappa shape index (κ3) is 2.94. The molecule has 1 saturated carbocycles. The van der Waals surface area contributed by atoms with Crippen molar-refractivity contribution in [1.29, 1.82) is 0 Å². The first-order valence-electron chi connectivity index (χ1n) is 6.49. The molecule has 2 atom stereocenters. The van der Waals surface area contributed by atoms with E-state index in [0.717, 1.165) is 6.42 Å². The molecule has 6 nitrogen and oxygen atoms in total. The minimum absolute atomic E-state index is 0.139. The van der Waals surface area contributed by atoms with Gasteiger partial charge in [-0.05, 0) is 18.8 Å². The van der Waals surface area contributed by atoms with Gasteiger partial charge in [-0.15, -0.1) is 0 Å². The van der Waals surface area contributed by atoms with E-state index in [1.807, 2.05) is 13.8 Å². The van der Waals surface area contributed by atoms with E-state index in [-0.39, 0.29) is 17.7 Å². The monoisotopic (exact) mass is 266 g/mol. The highest BCUT2D eigenvalue weighted by molar-refractivity contribution is 5.92. The molecule has 0 aliphatic heterocycles. The highest BCUT2D eigenvalue weighted by atomic mass is 16.5. The van der Waals surface area contributed by atoms with Crippen LogP contribution in [0.2, 0.25) is 0 Å². The Morgan fingerprint density at radius 2 is 2.21 bits per heavy atom. The quantitative estimate of drug-likeness (QED) is 0.866. The van der Waals surface area contributed by atoms with Gasteiger partial charge in [0.25, 0.3) is 5.91 Å². The van der Waals surface area contributed by atoms with Crippen LogP contribution in [0.5, 0.6) is 0 Å². The van der Waals surface area contributed by atoms with Crippen LogP contribution >= 0.6 is 0 Å². The lowest BCUT2D eigenvalue weighted by atomic mass is 10.0. The van der Waals surface area contributed by atoms with Crippen molar-refractivity contribution in [3.63, 3.8) is 0 Å². The number of carboxylic acids is 1. The second-order valence-electron chi connectivity index (χ2n) is 5.23. The first-order valence-corrected chi connectivity index (χ1v) is 6.49. The molecular formula is C13H18N2O4. The lowest BCUT2D eigenvalue weighted by Crippen LogP contribution is -2.40. The summed E-state index contributed by atoms with van der Waals surface area (Å²) in [5, 5.41) is 15.6. The van der Waals surface area contributed by atoms with E-state index in [2.05, 4.69) is 10.5 Å². The Balaban J connectivity index is 2.02. The third-order valence-electron chi connectivity index (χ3n) is 3.49. The van der Waals surface area contributed by atoms with Crippen LogP contribution in [0.15, 0.2) is 10.6 Å². The fourth-order valence-corrected chi connectivity index (χ4v) is 2.34. The lowest BCUT2D eigenvalue weighted by molar-refractivity contribution is -0.142. The summed E-state index contributed by atoms with van der Waals surface area (Å²) < 4.78 is 4.98. The molecule has 0 radical (unpaired) electrons. The minimum Gasteiger partial charge on any atom is -0.481 e. The van der Waals surface area contributed by atoms with E-state index < -0.39 is 17.8 Å². The summed E-state index contributed by atoms with van der Waals surface area (Å²) >= 11 is 0. The Hall–Kier alpha value is -1.85. The molecule has 1 heterocycles. The molecule has 1 fully saturated rings. The molecule has 0 spiro atoms. The summed E-state index contributed by atoms with van der Waals surface area (Å²) in [6, 6.07) is 1.28. The molecule has 1 amide bonds. The average Bonchev–Trinajstić information content (AvgIpc) is 2.96. The van der Waals surface area contributed by atoms with Crippen LogP contribution in [0.4, 0.5) is 0 Å². The number of amides is 1. The van der Waals surface area contributed by atoms with Gasteiger partial charge in [-0.2, -0.15) is 0 Å². The van der Waals surface area contributed by atoms with Crippen molar-refractivity contribution in [3.8, 4) is 0 Å². The highest BCUT2D eigenvalue weighted by Crippen LogP contribution is 2.26. The minimum atomic E-state index is -0.858. The van der Waals surface area contributed by atoms with Crippen LogP contribution in [-0.4, -0.2) is 28.2 Å². The van der Waals surface area contributed by atoms with Crippen molar-refractivity contribution in [2.75, 3.05) is 0 Å². The maximum atomic E-state index is 12.0. The van der Waals surface area contributed by atoms with Gasteiger partial charge in [0, 0.05) is 12.1 Å². The number of aliphatic carboxylic acids is 1. The Morgan fingerprint density at radius 3 is 2.79 bits per heavy atom. The summed E-state index contributed by atoms with van der Waals surface area (Å²) in [6.45, 7) is 3.91. The van der Waals surface area contributed by atoms with Crippen molar-refractivity contribution < 1.29 is 19.2 Å². The van der Waals surface area contributed by atoms with Crippen LogP contribution in [-0.2, 0) is 4.79 Å². The van der Waals surface area contributed by atoms with E-state index in [1.165, 1.54) is 0 Å². The predicted octanol–water partition coefficient (Wildman–Crippen LogP) is 1.78. The number of nitrogens with zero attached hydrogens (tertiary/aromatic N) is 1. The number of carbonyl (C=O) groups is 2. The molecule has 0 saturated heterocycles. The van der Waals surface area contributed by atoms with Crippen molar-refractivity contribution in [2.24, 2.45) is 5.92 Å². The molecule has 2 N–H and O–H groups in total. The molecule has 1 aliphatic carbocycles. The Morgan fingerprint density at radius 1 is 1.47 bits per heavy atom. The van der Waals surface area contributed by atoms with E-state index in [4.69, 9.17) is 9.63 Å². The zero-order valence-corrected chi connectivity index (χ0v) is 11.0. The molecule has 2 rings (SSSR count). The topological polar surface area (TPSA) is 92.4 Å². The molecule has 104 valence electrons. The van der Waals surface area contributed by atoms with Crippen molar-refractivity contribution in [3.05, 3.63) is 17.5 Å². The number of hydrogen-bond donors (Lipinski definition) is 2. The number of carboxylic acid groups (broad SMARTS) is 1. The fraction of sp³-hybridized carbons (Fsp3) is 0.615. The molecule has 1 aromatic rings. The molecule has 19 heavy (non-hydrogen) atoms. The predicted molar refractivity (Wildman–Crippen MR) is 66.8 cm³/mol. The van der Waals surface area contributed by atoms with Crippen LogP contribution in [0.25, 0.3) is 0 Å². The number of rotatable bonds is 4. The number of aromatic nitrogens is 1. The van der Waals surface area contributed by atoms with Gasteiger partial charge >= 0.3 is 5.97 Å². The van der Waals surface area contributed by atoms with Crippen molar-refractivity contribution in [2.45, 2.75) is 45.1 Å². The second kappa shape index (κ2) is 5.42. The SMILES string of the molecule is CC(C)c1cc(C(=O)N[C@@H]2CCC[C@@H]2C(=O)O)on1. The van der Waals surface area contributed by atoms with Gasteiger partial charge in [0.15, 0.2) is 0 Å². The van der Waals surface area contributed by atoms with E-state index in [9.17, 15) is 9.59 Å². The van der Waals surface area contributed by atoms with Gasteiger partial charge < -0.3 is 14.9 Å². The van der Waals surface area contributed by atoms with Gasteiger partial charge in [-0.1, -0.05) is 25.4 Å². The van der Waals surface area contributed by atoms with Gasteiger partial charge in [-0.3, -0.25) is 9.59 Å². The Bertz CT molecular complexity index is 481.